The second-order valence-electron chi connectivity index (χ2n) is 5.29. The van der Waals surface area contributed by atoms with E-state index in [4.69, 9.17) is 8.94 Å². The lowest BCUT2D eigenvalue weighted by Gasteiger charge is -2.13. The molecule has 1 aromatic carbocycles. The van der Waals surface area contributed by atoms with Gasteiger partial charge in [0.1, 0.15) is 5.01 Å². The molecular formula is C17H13N3O3S. The lowest BCUT2D eigenvalue weighted by atomic mass is 10.3. The van der Waals surface area contributed by atoms with Gasteiger partial charge in [0.05, 0.1) is 23.0 Å². The second kappa shape index (κ2) is 5.93. The highest BCUT2D eigenvalue weighted by atomic mass is 32.1. The summed E-state index contributed by atoms with van der Waals surface area (Å²) >= 11 is 1.58. The Morgan fingerprint density at radius 1 is 1.21 bits per heavy atom. The molecule has 0 fully saturated rings. The number of furan rings is 1. The van der Waals surface area contributed by atoms with Crippen molar-refractivity contribution in [3.05, 3.63) is 59.4 Å². The summed E-state index contributed by atoms with van der Waals surface area (Å²) in [6.07, 6.45) is 1.54. The summed E-state index contributed by atoms with van der Waals surface area (Å²) in [6, 6.07) is 13.0. The Morgan fingerprint density at radius 2 is 2.08 bits per heavy atom. The molecule has 7 heteroatoms. The quantitative estimate of drug-likeness (QED) is 0.565. The zero-order chi connectivity index (χ0) is 16.5. The van der Waals surface area contributed by atoms with Crippen molar-refractivity contribution in [1.82, 2.24) is 15.0 Å². The van der Waals surface area contributed by atoms with Gasteiger partial charge in [0.25, 0.3) is 5.91 Å². The number of thiazole rings is 1. The first-order valence-corrected chi connectivity index (χ1v) is 8.13. The molecule has 0 atom stereocenters. The molecule has 0 radical (unpaired) electrons. The van der Waals surface area contributed by atoms with Gasteiger partial charge in [0.15, 0.2) is 11.5 Å². The normalized spacial score (nSPS) is 11.0. The Balaban J connectivity index is 1.51. The maximum absolute atomic E-state index is 12.5. The topological polar surface area (TPSA) is 72.4 Å². The van der Waals surface area contributed by atoms with Gasteiger partial charge >= 0.3 is 0 Å². The molecule has 0 aliphatic carbocycles. The minimum absolute atomic E-state index is 0.226. The van der Waals surface area contributed by atoms with E-state index in [-0.39, 0.29) is 11.6 Å². The summed E-state index contributed by atoms with van der Waals surface area (Å²) in [5.74, 6) is 0.739. The Morgan fingerprint density at radius 3 is 2.88 bits per heavy atom. The standard InChI is InChI=1S/C17H13N3O3S/c1-20(10-16-18-11-5-2-3-7-15(11)24-16)17(21)12-9-14(23-19-12)13-6-4-8-22-13/h2-9H,10H2,1H3. The first-order chi connectivity index (χ1) is 11.7. The molecule has 0 spiro atoms. The zero-order valence-corrected chi connectivity index (χ0v) is 13.6. The van der Waals surface area contributed by atoms with Crippen LogP contribution in [-0.4, -0.2) is 28.0 Å². The number of carbonyl (C=O) groups is 1. The van der Waals surface area contributed by atoms with Crippen molar-refractivity contribution >= 4 is 27.5 Å². The van der Waals surface area contributed by atoms with Crippen LogP contribution in [0.15, 0.2) is 57.7 Å². The summed E-state index contributed by atoms with van der Waals surface area (Å²) < 4.78 is 11.5. The molecule has 120 valence electrons. The number of nitrogens with zero attached hydrogens (tertiary/aromatic N) is 3. The van der Waals surface area contributed by atoms with Crippen LogP contribution in [0.5, 0.6) is 0 Å². The molecule has 24 heavy (non-hydrogen) atoms. The number of amides is 1. The monoisotopic (exact) mass is 339 g/mol. The summed E-state index contributed by atoms with van der Waals surface area (Å²) in [5, 5.41) is 4.71. The third-order valence-electron chi connectivity index (χ3n) is 3.55. The van der Waals surface area contributed by atoms with Crippen LogP contribution >= 0.6 is 11.3 Å². The fourth-order valence-corrected chi connectivity index (χ4v) is 3.39. The van der Waals surface area contributed by atoms with E-state index in [2.05, 4.69) is 10.1 Å². The highest BCUT2D eigenvalue weighted by Gasteiger charge is 2.19. The van der Waals surface area contributed by atoms with Crippen LogP contribution in [0.3, 0.4) is 0 Å². The molecule has 3 aromatic heterocycles. The molecule has 0 saturated carbocycles. The molecule has 0 N–H and O–H groups in total. The molecule has 3 heterocycles. The molecule has 0 saturated heterocycles. The van der Waals surface area contributed by atoms with Crippen LogP contribution < -0.4 is 0 Å². The number of rotatable bonds is 4. The molecule has 6 nitrogen and oxygen atoms in total. The zero-order valence-electron chi connectivity index (χ0n) is 12.8. The van der Waals surface area contributed by atoms with Gasteiger partial charge in [-0.05, 0) is 24.3 Å². The van der Waals surface area contributed by atoms with Gasteiger partial charge in [-0.2, -0.15) is 0 Å². The van der Waals surface area contributed by atoms with Crippen LogP contribution in [0.1, 0.15) is 15.5 Å². The van der Waals surface area contributed by atoms with Crippen molar-refractivity contribution in [3.63, 3.8) is 0 Å². The maximum atomic E-state index is 12.5. The van der Waals surface area contributed by atoms with Gasteiger partial charge in [-0.15, -0.1) is 11.3 Å². The number of aromatic nitrogens is 2. The summed E-state index contributed by atoms with van der Waals surface area (Å²) in [4.78, 5) is 18.6. The maximum Gasteiger partial charge on any atom is 0.276 e. The number of hydrogen-bond acceptors (Lipinski definition) is 6. The van der Waals surface area contributed by atoms with Crippen LogP contribution in [0.25, 0.3) is 21.7 Å². The third kappa shape index (κ3) is 2.69. The van der Waals surface area contributed by atoms with Crippen LogP contribution in [-0.2, 0) is 6.54 Å². The number of fused-ring (bicyclic) bond motifs is 1. The van der Waals surface area contributed by atoms with Crippen LogP contribution in [0.2, 0.25) is 0 Å². The molecule has 4 rings (SSSR count). The van der Waals surface area contributed by atoms with Crippen LogP contribution in [0, 0.1) is 0 Å². The average molecular weight is 339 g/mol. The van der Waals surface area contributed by atoms with Gasteiger partial charge in [-0.25, -0.2) is 4.98 Å². The summed E-state index contributed by atoms with van der Waals surface area (Å²) in [5.41, 5.74) is 1.19. The predicted octanol–water partition coefficient (Wildman–Crippen LogP) is 3.82. The minimum Gasteiger partial charge on any atom is -0.461 e. The second-order valence-corrected chi connectivity index (χ2v) is 6.41. The molecule has 0 unspecified atom stereocenters. The van der Waals surface area contributed by atoms with Crippen molar-refractivity contribution in [3.8, 4) is 11.5 Å². The number of benzene rings is 1. The predicted molar refractivity (Wildman–Crippen MR) is 89.6 cm³/mol. The Kier molecular flexibility index (Phi) is 3.62. The Bertz CT molecular complexity index is 955. The average Bonchev–Trinajstić information content (AvgIpc) is 3.32. The van der Waals surface area contributed by atoms with E-state index in [1.165, 1.54) is 0 Å². The fourth-order valence-electron chi connectivity index (χ4n) is 2.37. The van der Waals surface area contributed by atoms with Gasteiger partial charge in [0, 0.05) is 13.1 Å². The van der Waals surface area contributed by atoms with Crippen molar-refractivity contribution in [2.75, 3.05) is 7.05 Å². The molecule has 0 bridgehead atoms. The summed E-state index contributed by atoms with van der Waals surface area (Å²) in [6.45, 7) is 0.418. The smallest absolute Gasteiger partial charge is 0.276 e. The van der Waals surface area contributed by atoms with E-state index >= 15 is 0 Å². The van der Waals surface area contributed by atoms with Crippen LogP contribution in [0.4, 0.5) is 0 Å². The SMILES string of the molecule is CN(Cc1nc2ccccc2s1)C(=O)c1cc(-c2ccco2)on1. The van der Waals surface area contributed by atoms with Gasteiger partial charge < -0.3 is 13.8 Å². The van der Waals surface area contributed by atoms with E-state index in [0.29, 0.717) is 18.1 Å². The van der Waals surface area contributed by atoms with Crippen molar-refractivity contribution < 1.29 is 13.7 Å². The van der Waals surface area contributed by atoms with Crippen molar-refractivity contribution in [1.29, 1.82) is 0 Å². The highest BCUT2D eigenvalue weighted by molar-refractivity contribution is 7.18. The van der Waals surface area contributed by atoms with E-state index in [1.807, 2.05) is 24.3 Å². The lowest BCUT2D eigenvalue weighted by molar-refractivity contribution is 0.0775. The molecule has 4 aromatic rings. The minimum atomic E-state index is -0.226. The molecular weight excluding hydrogens is 326 g/mol. The number of carbonyl (C=O) groups excluding carboxylic acids is 1. The number of para-hydroxylation sites is 1. The largest absolute Gasteiger partial charge is 0.461 e. The van der Waals surface area contributed by atoms with E-state index < -0.39 is 0 Å². The van der Waals surface area contributed by atoms with Crippen molar-refractivity contribution in [2.45, 2.75) is 6.54 Å². The first-order valence-electron chi connectivity index (χ1n) is 7.31. The van der Waals surface area contributed by atoms with Gasteiger partial charge in [0.2, 0.25) is 5.76 Å². The lowest BCUT2D eigenvalue weighted by Crippen LogP contribution is -2.26. The fraction of sp³-hybridized carbons (Fsp3) is 0.118. The van der Waals surface area contributed by atoms with E-state index in [0.717, 1.165) is 15.2 Å². The Labute approximate surface area is 141 Å². The first kappa shape index (κ1) is 14.6. The van der Waals surface area contributed by atoms with Gasteiger partial charge in [-0.1, -0.05) is 17.3 Å². The Hall–Kier alpha value is -2.93. The summed E-state index contributed by atoms with van der Waals surface area (Å²) in [7, 11) is 1.72. The third-order valence-corrected chi connectivity index (χ3v) is 4.57. The van der Waals surface area contributed by atoms with Gasteiger partial charge in [-0.3, -0.25) is 4.79 Å². The van der Waals surface area contributed by atoms with Crippen molar-refractivity contribution in [2.24, 2.45) is 0 Å². The molecule has 0 aliphatic rings. The highest BCUT2D eigenvalue weighted by Crippen LogP contribution is 2.24. The van der Waals surface area contributed by atoms with E-state index in [1.54, 1.807) is 47.7 Å². The van der Waals surface area contributed by atoms with E-state index in [9.17, 15) is 4.79 Å². The number of hydrogen-bond donors (Lipinski definition) is 0. The molecule has 0 aliphatic heterocycles. The molecule has 1 amide bonds.